The molecule has 1 rings (SSSR count). The minimum absolute atomic E-state index is 0.0932. The molecule has 0 heterocycles. The van der Waals surface area contributed by atoms with Crippen LogP contribution in [-0.4, -0.2) is 28.7 Å². The third-order valence-corrected chi connectivity index (χ3v) is 3.23. The zero-order valence-corrected chi connectivity index (χ0v) is 9.62. The molecular formula is C11H22N2O2. The molecule has 1 aliphatic rings. The first kappa shape index (κ1) is 12.5. The van der Waals surface area contributed by atoms with Crippen molar-refractivity contribution >= 4 is 5.91 Å². The van der Waals surface area contributed by atoms with E-state index in [1.807, 2.05) is 6.92 Å². The Morgan fingerprint density at radius 3 is 2.80 bits per heavy atom. The molecule has 3 unspecified atom stereocenters. The molecule has 0 spiro atoms. The summed E-state index contributed by atoms with van der Waals surface area (Å²) < 4.78 is 0. The zero-order valence-electron chi connectivity index (χ0n) is 9.62. The molecule has 1 aliphatic carbocycles. The molecule has 4 nitrogen and oxygen atoms in total. The third kappa shape index (κ3) is 3.47. The number of aliphatic hydroxyl groups excluding tert-OH is 1. The second-order valence-electron chi connectivity index (χ2n) is 4.76. The lowest BCUT2D eigenvalue weighted by atomic mass is 9.91. The Hall–Kier alpha value is -0.610. The van der Waals surface area contributed by atoms with Crippen molar-refractivity contribution in [2.75, 3.05) is 0 Å². The monoisotopic (exact) mass is 214 g/mol. The summed E-state index contributed by atoms with van der Waals surface area (Å²) in [4.78, 5) is 11.8. The van der Waals surface area contributed by atoms with Gasteiger partial charge in [0.15, 0.2) is 0 Å². The number of hydrogen-bond donors (Lipinski definition) is 3. The molecule has 0 aromatic carbocycles. The smallest absolute Gasteiger partial charge is 0.240 e. The van der Waals surface area contributed by atoms with E-state index in [9.17, 15) is 9.90 Å². The second kappa shape index (κ2) is 4.94. The van der Waals surface area contributed by atoms with Crippen LogP contribution < -0.4 is 11.1 Å². The van der Waals surface area contributed by atoms with Gasteiger partial charge in [-0.25, -0.2) is 0 Å². The van der Waals surface area contributed by atoms with Crippen molar-refractivity contribution < 1.29 is 9.90 Å². The van der Waals surface area contributed by atoms with Crippen LogP contribution in [0.25, 0.3) is 0 Å². The maximum atomic E-state index is 11.8. The number of amides is 1. The maximum absolute atomic E-state index is 11.8. The fraction of sp³-hybridized carbons (Fsp3) is 0.909. The predicted octanol–water partition coefficient (Wildman–Crippen LogP) is 0.533. The van der Waals surface area contributed by atoms with Crippen LogP contribution in [-0.2, 0) is 4.79 Å². The molecule has 0 saturated heterocycles. The summed E-state index contributed by atoms with van der Waals surface area (Å²) in [5, 5.41) is 12.4. The van der Waals surface area contributed by atoms with E-state index in [1.54, 1.807) is 6.92 Å². The number of nitrogens with two attached hydrogens (primary N) is 1. The van der Waals surface area contributed by atoms with Crippen molar-refractivity contribution in [1.82, 2.24) is 5.32 Å². The molecule has 3 atom stereocenters. The number of carbonyl (C=O) groups excluding carboxylic acids is 1. The van der Waals surface area contributed by atoms with Crippen molar-refractivity contribution in [3.8, 4) is 0 Å². The molecule has 4 N–H and O–H groups in total. The lowest BCUT2D eigenvalue weighted by Crippen LogP contribution is -2.54. The van der Waals surface area contributed by atoms with Gasteiger partial charge in [-0.2, -0.15) is 0 Å². The molecule has 0 aromatic rings. The van der Waals surface area contributed by atoms with E-state index < -0.39 is 5.54 Å². The topological polar surface area (TPSA) is 75.4 Å². The van der Waals surface area contributed by atoms with Crippen molar-refractivity contribution in [1.29, 1.82) is 0 Å². The van der Waals surface area contributed by atoms with Crippen LogP contribution in [0.3, 0.4) is 0 Å². The normalized spacial score (nSPS) is 30.7. The lowest BCUT2D eigenvalue weighted by molar-refractivity contribution is -0.127. The van der Waals surface area contributed by atoms with Crippen molar-refractivity contribution in [3.05, 3.63) is 0 Å². The fourth-order valence-electron chi connectivity index (χ4n) is 1.81. The predicted molar refractivity (Wildman–Crippen MR) is 59.3 cm³/mol. The van der Waals surface area contributed by atoms with Crippen LogP contribution in [0, 0.1) is 0 Å². The molecule has 15 heavy (non-hydrogen) atoms. The molecule has 1 saturated carbocycles. The van der Waals surface area contributed by atoms with Gasteiger partial charge in [0.05, 0.1) is 11.6 Å². The van der Waals surface area contributed by atoms with Crippen LogP contribution >= 0.6 is 0 Å². The highest BCUT2D eigenvalue weighted by molar-refractivity contribution is 5.85. The van der Waals surface area contributed by atoms with Gasteiger partial charge in [0, 0.05) is 6.04 Å². The minimum Gasteiger partial charge on any atom is -0.393 e. The quantitative estimate of drug-likeness (QED) is 0.641. The van der Waals surface area contributed by atoms with Gasteiger partial charge >= 0.3 is 0 Å². The molecule has 1 amide bonds. The molecule has 1 fully saturated rings. The Balaban J connectivity index is 2.44. The van der Waals surface area contributed by atoms with E-state index in [-0.39, 0.29) is 18.1 Å². The highest BCUT2D eigenvalue weighted by atomic mass is 16.3. The Morgan fingerprint density at radius 2 is 2.27 bits per heavy atom. The first-order chi connectivity index (χ1) is 6.95. The zero-order chi connectivity index (χ0) is 11.5. The summed E-state index contributed by atoms with van der Waals surface area (Å²) in [6, 6.07) is 0.0932. The molecule has 0 radical (unpaired) electrons. The number of hydrogen-bond acceptors (Lipinski definition) is 3. The SMILES string of the molecule is CCC(C)(N)C(=O)NC1CCCC(O)C1. The van der Waals surface area contributed by atoms with Crippen molar-refractivity contribution in [3.63, 3.8) is 0 Å². The molecule has 4 heteroatoms. The number of carbonyl (C=O) groups is 1. The first-order valence-electron chi connectivity index (χ1n) is 5.73. The highest BCUT2D eigenvalue weighted by Gasteiger charge is 2.29. The Labute approximate surface area is 91.2 Å². The van der Waals surface area contributed by atoms with Crippen LogP contribution in [0.2, 0.25) is 0 Å². The third-order valence-electron chi connectivity index (χ3n) is 3.23. The van der Waals surface area contributed by atoms with E-state index in [0.29, 0.717) is 12.8 Å². The van der Waals surface area contributed by atoms with E-state index in [4.69, 9.17) is 5.73 Å². The summed E-state index contributed by atoms with van der Waals surface area (Å²) in [6.45, 7) is 3.64. The minimum atomic E-state index is -0.789. The van der Waals surface area contributed by atoms with Crippen LogP contribution in [0.4, 0.5) is 0 Å². The largest absolute Gasteiger partial charge is 0.393 e. The molecular weight excluding hydrogens is 192 g/mol. The van der Waals surface area contributed by atoms with Gasteiger partial charge in [0.25, 0.3) is 0 Å². The van der Waals surface area contributed by atoms with Crippen LogP contribution in [0.1, 0.15) is 46.0 Å². The summed E-state index contributed by atoms with van der Waals surface area (Å²) in [7, 11) is 0. The van der Waals surface area contributed by atoms with Crippen LogP contribution in [0.5, 0.6) is 0 Å². The van der Waals surface area contributed by atoms with Crippen molar-refractivity contribution in [2.45, 2.75) is 63.6 Å². The fourth-order valence-corrected chi connectivity index (χ4v) is 1.81. The maximum Gasteiger partial charge on any atom is 0.240 e. The van der Waals surface area contributed by atoms with E-state index >= 15 is 0 Å². The molecule has 0 bridgehead atoms. The summed E-state index contributed by atoms with van der Waals surface area (Å²) in [5.41, 5.74) is 5.05. The van der Waals surface area contributed by atoms with Gasteiger partial charge in [0.1, 0.15) is 0 Å². The van der Waals surface area contributed by atoms with Crippen molar-refractivity contribution in [2.24, 2.45) is 5.73 Å². The van der Waals surface area contributed by atoms with E-state index in [1.165, 1.54) is 0 Å². The lowest BCUT2D eigenvalue weighted by Gasteiger charge is -2.30. The van der Waals surface area contributed by atoms with Crippen LogP contribution in [0.15, 0.2) is 0 Å². The average molecular weight is 214 g/mol. The van der Waals surface area contributed by atoms with Gasteiger partial charge in [-0.05, 0) is 39.0 Å². The van der Waals surface area contributed by atoms with Gasteiger partial charge in [0.2, 0.25) is 5.91 Å². The van der Waals surface area contributed by atoms with E-state index in [2.05, 4.69) is 5.32 Å². The van der Waals surface area contributed by atoms with Gasteiger partial charge in [-0.15, -0.1) is 0 Å². The number of rotatable bonds is 3. The molecule has 0 aliphatic heterocycles. The first-order valence-corrected chi connectivity index (χ1v) is 5.73. The Morgan fingerprint density at radius 1 is 1.60 bits per heavy atom. The molecule has 88 valence electrons. The number of aliphatic hydroxyl groups is 1. The van der Waals surface area contributed by atoms with Gasteiger partial charge in [-0.3, -0.25) is 4.79 Å². The standard InChI is InChI=1S/C11H22N2O2/c1-3-11(2,12)10(15)13-8-5-4-6-9(14)7-8/h8-9,14H,3-7,12H2,1-2H3,(H,13,15). The van der Waals surface area contributed by atoms with Gasteiger partial charge in [-0.1, -0.05) is 6.92 Å². The average Bonchev–Trinajstić information content (AvgIpc) is 2.17. The second-order valence-corrected chi connectivity index (χ2v) is 4.76. The number of nitrogens with one attached hydrogen (secondary N) is 1. The Kier molecular flexibility index (Phi) is 4.11. The Bertz CT molecular complexity index is 229. The highest BCUT2D eigenvalue weighted by Crippen LogP contribution is 2.19. The summed E-state index contributed by atoms with van der Waals surface area (Å²) in [6.07, 6.45) is 3.77. The van der Waals surface area contributed by atoms with Gasteiger partial charge < -0.3 is 16.2 Å². The van der Waals surface area contributed by atoms with E-state index in [0.717, 1.165) is 19.3 Å². The summed E-state index contributed by atoms with van der Waals surface area (Å²) >= 11 is 0. The summed E-state index contributed by atoms with van der Waals surface area (Å²) in [5.74, 6) is -0.107. The molecule has 0 aromatic heterocycles.